The smallest absolute Gasteiger partial charge is 0.176 e. The molecule has 8 heteroatoms. The van der Waals surface area contributed by atoms with Crippen LogP contribution in [0.3, 0.4) is 0 Å². The van der Waals surface area contributed by atoms with Crippen molar-refractivity contribution in [1.82, 2.24) is 0 Å². The summed E-state index contributed by atoms with van der Waals surface area (Å²) in [5.41, 5.74) is 0. The molecule has 0 saturated heterocycles. The van der Waals surface area contributed by atoms with Crippen molar-refractivity contribution in [1.29, 1.82) is 0 Å². The predicted molar refractivity (Wildman–Crippen MR) is 83.2 cm³/mol. The third kappa shape index (κ3) is 4.08. The number of benzene rings is 2. The Morgan fingerprint density at radius 3 is 1.95 bits per heavy atom. The number of rotatable bonds is 4. The molecule has 0 fully saturated rings. The van der Waals surface area contributed by atoms with Gasteiger partial charge in [-0.3, -0.25) is 0 Å². The van der Waals surface area contributed by atoms with Crippen molar-refractivity contribution in [2.75, 3.05) is 12.5 Å². The second-order valence-corrected chi connectivity index (χ2v) is 9.82. The van der Waals surface area contributed by atoms with Crippen LogP contribution in [-0.4, -0.2) is 29.3 Å². The van der Waals surface area contributed by atoms with Gasteiger partial charge in [0.05, 0.1) is 9.79 Å². The molecule has 0 heterocycles. The zero-order valence-corrected chi connectivity index (χ0v) is 14.2. The van der Waals surface area contributed by atoms with Crippen molar-refractivity contribution in [3.63, 3.8) is 0 Å². The molecule has 118 valence electrons. The lowest BCUT2D eigenvalue weighted by Crippen LogP contribution is -2.03. The van der Waals surface area contributed by atoms with Crippen LogP contribution in [0.4, 0.5) is 4.39 Å². The first-order chi connectivity index (χ1) is 10.1. The molecule has 0 aliphatic heterocycles. The Hall–Kier alpha value is -1.38. The van der Waals surface area contributed by atoms with Crippen LogP contribution in [0, 0.1) is 5.82 Å². The Morgan fingerprint density at radius 2 is 1.45 bits per heavy atom. The van der Waals surface area contributed by atoms with Crippen LogP contribution in [-0.2, 0) is 19.7 Å². The molecule has 0 spiro atoms. The number of halogens is 1. The standard InChI is InChI=1S/C14H13FO4S3/c1-21(16,17)12-7-8-13(14(9-12)22(2,18)19)20-11-5-3-10(15)4-6-11/h3-9H,1-2H3. The van der Waals surface area contributed by atoms with Gasteiger partial charge in [0.2, 0.25) is 0 Å². The lowest BCUT2D eigenvalue weighted by Gasteiger charge is -2.09. The average molecular weight is 360 g/mol. The molecule has 0 aromatic heterocycles. The highest BCUT2D eigenvalue weighted by Crippen LogP contribution is 2.34. The Labute approximate surface area is 133 Å². The van der Waals surface area contributed by atoms with Gasteiger partial charge < -0.3 is 0 Å². The zero-order valence-electron chi connectivity index (χ0n) is 11.8. The minimum Gasteiger partial charge on any atom is -0.224 e. The van der Waals surface area contributed by atoms with E-state index >= 15 is 0 Å². The monoisotopic (exact) mass is 360 g/mol. The lowest BCUT2D eigenvalue weighted by molar-refractivity contribution is 0.598. The lowest BCUT2D eigenvalue weighted by atomic mass is 10.3. The fourth-order valence-electron chi connectivity index (χ4n) is 1.72. The summed E-state index contributed by atoms with van der Waals surface area (Å²) >= 11 is 1.13. The normalized spacial score (nSPS) is 12.3. The molecule has 0 amide bonds. The minimum atomic E-state index is -3.60. The van der Waals surface area contributed by atoms with Crippen molar-refractivity contribution in [3.05, 3.63) is 48.3 Å². The van der Waals surface area contributed by atoms with Crippen molar-refractivity contribution in [2.45, 2.75) is 19.6 Å². The van der Waals surface area contributed by atoms with Gasteiger partial charge >= 0.3 is 0 Å². The second-order valence-electron chi connectivity index (χ2n) is 4.71. The highest BCUT2D eigenvalue weighted by molar-refractivity contribution is 8.00. The summed E-state index contributed by atoms with van der Waals surface area (Å²) in [6.07, 6.45) is 2.03. The molecule has 2 rings (SSSR count). The van der Waals surface area contributed by atoms with Crippen molar-refractivity contribution >= 4 is 31.4 Å². The van der Waals surface area contributed by atoms with Gasteiger partial charge in [0, 0.05) is 22.3 Å². The molecule has 2 aromatic carbocycles. The average Bonchev–Trinajstić information content (AvgIpc) is 2.39. The third-order valence-electron chi connectivity index (χ3n) is 2.78. The predicted octanol–water partition coefficient (Wildman–Crippen LogP) is 2.78. The summed E-state index contributed by atoms with van der Waals surface area (Å²) in [6.45, 7) is 0. The van der Waals surface area contributed by atoms with E-state index in [0.717, 1.165) is 30.3 Å². The molecule has 0 bridgehead atoms. The van der Waals surface area contributed by atoms with Crippen LogP contribution in [0.5, 0.6) is 0 Å². The van der Waals surface area contributed by atoms with Crippen LogP contribution < -0.4 is 0 Å². The molecule has 4 nitrogen and oxygen atoms in total. The number of hydrogen-bond donors (Lipinski definition) is 0. The first-order valence-electron chi connectivity index (χ1n) is 6.05. The first kappa shape index (κ1) is 17.0. The van der Waals surface area contributed by atoms with Gasteiger partial charge in [-0.25, -0.2) is 21.2 Å². The maximum atomic E-state index is 12.9. The van der Waals surface area contributed by atoms with Gasteiger partial charge in [-0.05, 0) is 42.5 Å². The molecule has 0 aliphatic rings. The summed E-state index contributed by atoms with van der Waals surface area (Å²) < 4.78 is 59.9. The quantitative estimate of drug-likeness (QED) is 0.839. The highest BCUT2D eigenvalue weighted by atomic mass is 32.2. The van der Waals surface area contributed by atoms with E-state index in [4.69, 9.17) is 0 Å². The fourth-order valence-corrected chi connectivity index (χ4v) is 4.62. The highest BCUT2D eigenvalue weighted by Gasteiger charge is 2.18. The molecule has 0 N–H and O–H groups in total. The van der Waals surface area contributed by atoms with Gasteiger partial charge in [-0.15, -0.1) is 0 Å². The molecule has 0 saturated carbocycles. The van der Waals surface area contributed by atoms with Crippen LogP contribution in [0.25, 0.3) is 0 Å². The first-order valence-corrected chi connectivity index (χ1v) is 10.6. The van der Waals surface area contributed by atoms with Crippen LogP contribution in [0.2, 0.25) is 0 Å². The maximum absolute atomic E-state index is 12.9. The summed E-state index contributed by atoms with van der Waals surface area (Å²) in [5.74, 6) is -0.389. The van der Waals surface area contributed by atoms with Crippen LogP contribution in [0.15, 0.2) is 62.0 Å². The minimum absolute atomic E-state index is 0.0589. The maximum Gasteiger partial charge on any atom is 0.176 e. The molecule has 0 radical (unpaired) electrons. The van der Waals surface area contributed by atoms with E-state index in [2.05, 4.69) is 0 Å². The summed E-state index contributed by atoms with van der Waals surface area (Å²) in [7, 11) is -7.11. The van der Waals surface area contributed by atoms with E-state index in [1.165, 1.54) is 36.4 Å². The Balaban J connectivity index is 2.54. The summed E-state index contributed by atoms with van der Waals surface area (Å²) in [6, 6.07) is 9.54. The van der Waals surface area contributed by atoms with Gasteiger partial charge in [0.1, 0.15) is 5.82 Å². The largest absolute Gasteiger partial charge is 0.224 e. The molecule has 0 unspecified atom stereocenters. The van der Waals surface area contributed by atoms with Gasteiger partial charge in [-0.2, -0.15) is 0 Å². The number of sulfone groups is 2. The van der Waals surface area contributed by atoms with E-state index in [9.17, 15) is 21.2 Å². The fraction of sp³-hybridized carbons (Fsp3) is 0.143. The van der Waals surface area contributed by atoms with Gasteiger partial charge in [-0.1, -0.05) is 11.8 Å². The number of hydrogen-bond acceptors (Lipinski definition) is 5. The van der Waals surface area contributed by atoms with Crippen molar-refractivity contribution in [3.8, 4) is 0 Å². The van der Waals surface area contributed by atoms with Crippen molar-refractivity contribution in [2.24, 2.45) is 0 Å². The van der Waals surface area contributed by atoms with Crippen LogP contribution in [0.1, 0.15) is 0 Å². The molecule has 0 atom stereocenters. The van der Waals surface area contributed by atoms with Crippen molar-refractivity contribution < 1.29 is 21.2 Å². The molecule has 0 aliphatic carbocycles. The van der Waals surface area contributed by atoms with E-state index in [-0.39, 0.29) is 15.6 Å². The SMILES string of the molecule is CS(=O)(=O)c1ccc(Sc2ccc(F)cc2)c(S(C)(=O)=O)c1. The Morgan fingerprint density at radius 1 is 0.864 bits per heavy atom. The summed E-state index contributed by atoms with van der Waals surface area (Å²) in [4.78, 5) is 0.918. The third-order valence-corrected chi connectivity index (χ3v) is 6.24. The van der Waals surface area contributed by atoms with Gasteiger partial charge in [0.15, 0.2) is 19.7 Å². The Bertz CT molecular complexity index is 902. The van der Waals surface area contributed by atoms with Crippen LogP contribution >= 0.6 is 11.8 Å². The zero-order chi connectivity index (χ0) is 16.5. The molecule has 2 aromatic rings. The van der Waals surface area contributed by atoms with Gasteiger partial charge in [0.25, 0.3) is 0 Å². The van der Waals surface area contributed by atoms with E-state index in [1.54, 1.807) is 0 Å². The molecule has 22 heavy (non-hydrogen) atoms. The molecular formula is C14H13FO4S3. The second kappa shape index (κ2) is 6.02. The Kier molecular flexibility index (Phi) is 4.65. The summed E-state index contributed by atoms with van der Waals surface area (Å²) in [5, 5.41) is 0. The van der Waals surface area contributed by atoms with E-state index in [1.807, 2.05) is 0 Å². The molecular weight excluding hydrogens is 347 g/mol. The van der Waals surface area contributed by atoms with E-state index < -0.39 is 19.7 Å². The topological polar surface area (TPSA) is 68.3 Å². The van der Waals surface area contributed by atoms with E-state index in [0.29, 0.717) is 9.79 Å².